The summed E-state index contributed by atoms with van der Waals surface area (Å²) in [6.45, 7) is 8.41. The number of rotatable bonds is 9. The molecule has 0 radical (unpaired) electrons. The minimum Gasteiger partial charge on any atom is -0.465 e. The first-order chi connectivity index (χ1) is 13.0. The van der Waals surface area contributed by atoms with Gasteiger partial charge in [-0.15, -0.1) is 0 Å². The molecule has 0 heterocycles. The average molecular weight is 375 g/mol. The topological polar surface area (TPSA) is 52.6 Å². The van der Waals surface area contributed by atoms with Crippen LogP contribution < -0.4 is 0 Å². The minimum atomic E-state index is -1.22. The Labute approximate surface area is 163 Å². The molecule has 0 aliphatic heterocycles. The molecule has 27 heavy (non-hydrogen) atoms. The van der Waals surface area contributed by atoms with Crippen LogP contribution in [0.2, 0.25) is 0 Å². The lowest BCUT2D eigenvalue weighted by Crippen LogP contribution is -2.47. The van der Waals surface area contributed by atoms with Crippen LogP contribution in [0.1, 0.15) is 81.9 Å². The van der Waals surface area contributed by atoms with Crippen molar-refractivity contribution in [3.8, 4) is 0 Å². The number of ether oxygens (including phenoxy) is 2. The van der Waals surface area contributed by atoms with Gasteiger partial charge in [0.05, 0.1) is 13.2 Å². The molecule has 150 valence electrons. The van der Waals surface area contributed by atoms with E-state index in [0.717, 1.165) is 18.4 Å². The van der Waals surface area contributed by atoms with Crippen LogP contribution in [-0.4, -0.2) is 25.2 Å². The van der Waals surface area contributed by atoms with E-state index < -0.39 is 17.4 Å². The maximum Gasteiger partial charge on any atom is 0.323 e. The third-order valence-electron chi connectivity index (χ3n) is 5.65. The molecule has 0 saturated carbocycles. The lowest BCUT2D eigenvalue weighted by molar-refractivity contribution is -0.173. The fraction of sp³-hybridized carbons (Fsp3) is 0.652. The molecule has 0 fully saturated rings. The number of fused-ring (bicyclic) bond motifs is 1. The number of hydrogen-bond acceptors (Lipinski definition) is 4. The Balaban J connectivity index is 2.41. The summed E-state index contributed by atoms with van der Waals surface area (Å²) >= 11 is 0. The summed E-state index contributed by atoms with van der Waals surface area (Å²) in [5.74, 6) is -0.691. The Hall–Kier alpha value is -1.84. The number of esters is 2. The first-order valence-corrected chi connectivity index (χ1v) is 10.4. The van der Waals surface area contributed by atoms with E-state index in [1.165, 1.54) is 30.4 Å². The standard InChI is InChI=1S/C23H34O4/c1-5-8-9-10-13-18-15-23(21(24)26-6-2,22(25)27-7-3)16-19-14-11-12-17(4)20(18)19/h11-12,14,18H,5-10,13,15-16H2,1-4H3/t18-/m1/s1. The molecular weight excluding hydrogens is 340 g/mol. The summed E-state index contributed by atoms with van der Waals surface area (Å²) < 4.78 is 10.7. The van der Waals surface area contributed by atoms with E-state index in [-0.39, 0.29) is 19.1 Å². The number of hydrogen-bond donors (Lipinski definition) is 0. The fourth-order valence-corrected chi connectivity index (χ4v) is 4.40. The number of aryl methyl sites for hydroxylation is 1. The third-order valence-corrected chi connectivity index (χ3v) is 5.65. The van der Waals surface area contributed by atoms with Crippen molar-refractivity contribution in [3.63, 3.8) is 0 Å². The van der Waals surface area contributed by atoms with Crippen molar-refractivity contribution < 1.29 is 19.1 Å². The van der Waals surface area contributed by atoms with Crippen LogP contribution in [0.5, 0.6) is 0 Å². The Morgan fingerprint density at radius 3 is 2.30 bits per heavy atom. The number of benzene rings is 1. The maximum absolute atomic E-state index is 12.9. The number of carbonyl (C=O) groups excluding carboxylic acids is 2. The fourth-order valence-electron chi connectivity index (χ4n) is 4.40. The monoisotopic (exact) mass is 374 g/mol. The van der Waals surface area contributed by atoms with Gasteiger partial charge in [0.2, 0.25) is 0 Å². The molecule has 1 aliphatic carbocycles. The zero-order valence-electron chi connectivity index (χ0n) is 17.3. The van der Waals surface area contributed by atoms with Crippen molar-refractivity contribution in [2.45, 2.75) is 78.6 Å². The van der Waals surface area contributed by atoms with Crippen molar-refractivity contribution in [1.82, 2.24) is 0 Å². The van der Waals surface area contributed by atoms with E-state index in [1.807, 2.05) is 12.1 Å². The van der Waals surface area contributed by atoms with Crippen LogP contribution >= 0.6 is 0 Å². The van der Waals surface area contributed by atoms with E-state index >= 15 is 0 Å². The third kappa shape index (κ3) is 4.72. The highest BCUT2D eigenvalue weighted by Crippen LogP contribution is 2.47. The normalized spacial score (nSPS) is 17.9. The van der Waals surface area contributed by atoms with Crippen LogP contribution in [0, 0.1) is 12.3 Å². The van der Waals surface area contributed by atoms with E-state index in [0.29, 0.717) is 12.8 Å². The first kappa shape index (κ1) is 21.5. The predicted octanol–water partition coefficient (Wildman–Crippen LogP) is 5.11. The summed E-state index contributed by atoms with van der Waals surface area (Å²) in [4.78, 5) is 25.9. The molecule has 1 atom stereocenters. The largest absolute Gasteiger partial charge is 0.465 e. The lowest BCUT2D eigenvalue weighted by atomic mass is 9.65. The van der Waals surface area contributed by atoms with Gasteiger partial charge in [-0.25, -0.2) is 0 Å². The average Bonchev–Trinajstić information content (AvgIpc) is 2.65. The molecular formula is C23H34O4. The Morgan fingerprint density at radius 2 is 1.70 bits per heavy atom. The molecule has 4 heteroatoms. The van der Waals surface area contributed by atoms with E-state index in [4.69, 9.17) is 9.47 Å². The Morgan fingerprint density at radius 1 is 1.04 bits per heavy atom. The van der Waals surface area contributed by atoms with Crippen LogP contribution in [0.15, 0.2) is 18.2 Å². The predicted molar refractivity (Wildman–Crippen MR) is 107 cm³/mol. The van der Waals surface area contributed by atoms with Gasteiger partial charge in [0.1, 0.15) is 0 Å². The van der Waals surface area contributed by atoms with Crippen molar-refractivity contribution in [3.05, 3.63) is 34.9 Å². The summed E-state index contributed by atoms with van der Waals surface area (Å²) in [6, 6.07) is 6.18. The zero-order chi connectivity index (χ0) is 19.9. The van der Waals surface area contributed by atoms with Crippen molar-refractivity contribution in [1.29, 1.82) is 0 Å². The molecule has 0 amide bonds. The van der Waals surface area contributed by atoms with Crippen LogP contribution in [0.25, 0.3) is 0 Å². The van der Waals surface area contributed by atoms with E-state index in [9.17, 15) is 9.59 Å². The molecule has 0 unspecified atom stereocenters. The van der Waals surface area contributed by atoms with Gasteiger partial charge in [-0.05, 0) is 62.6 Å². The van der Waals surface area contributed by atoms with Gasteiger partial charge in [0.25, 0.3) is 0 Å². The van der Waals surface area contributed by atoms with Crippen LogP contribution in [-0.2, 0) is 25.5 Å². The van der Waals surface area contributed by atoms with Gasteiger partial charge in [-0.2, -0.15) is 0 Å². The van der Waals surface area contributed by atoms with Gasteiger partial charge < -0.3 is 9.47 Å². The van der Waals surface area contributed by atoms with Crippen molar-refractivity contribution >= 4 is 11.9 Å². The molecule has 4 nitrogen and oxygen atoms in total. The van der Waals surface area contributed by atoms with Gasteiger partial charge in [-0.1, -0.05) is 50.8 Å². The van der Waals surface area contributed by atoms with Crippen LogP contribution in [0.3, 0.4) is 0 Å². The summed E-state index contributed by atoms with van der Waals surface area (Å²) in [6.07, 6.45) is 6.53. The van der Waals surface area contributed by atoms with Crippen molar-refractivity contribution in [2.75, 3.05) is 13.2 Å². The molecule has 0 N–H and O–H groups in total. The summed E-state index contributed by atoms with van der Waals surface area (Å²) in [5, 5.41) is 0. The molecule has 0 bridgehead atoms. The van der Waals surface area contributed by atoms with Crippen LogP contribution in [0.4, 0.5) is 0 Å². The van der Waals surface area contributed by atoms with Gasteiger partial charge in [0, 0.05) is 0 Å². The zero-order valence-corrected chi connectivity index (χ0v) is 17.3. The molecule has 0 saturated heterocycles. The molecule has 0 spiro atoms. The molecule has 1 aromatic rings. The smallest absolute Gasteiger partial charge is 0.323 e. The Kier molecular flexibility index (Phi) is 7.88. The molecule has 1 aliphatic rings. The van der Waals surface area contributed by atoms with E-state index in [2.05, 4.69) is 19.9 Å². The van der Waals surface area contributed by atoms with Gasteiger partial charge in [0.15, 0.2) is 5.41 Å². The lowest BCUT2D eigenvalue weighted by Gasteiger charge is -2.39. The maximum atomic E-state index is 12.9. The van der Waals surface area contributed by atoms with Gasteiger partial charge >= 0.3 is 11.9 Å². The van der Waals surface area contributed by atoms with E-state index in [1.54, 1.807) is 13.8 Å². The number of carbonyl (C=O) groups is 2. The molecule has 0 aromatic heterocycles. The van der Waals surface area contributed by atoms with Gasteiger partial charge in [-0.3, -0.25) is 9.59 Å². The first-order valence-electron chi connectivity index (χ1n) is 10.4. The highest BCUT2D eigenvalue weighted by Gasteiger charge is 2.53. The Bertz CT molecular complexity index is 632. The number of unbranched alkanes of at least 4 members (excludes halogenated alkanes) is 3. The summed E-state index contributed by atoms with van der Waals surface area (Å²) in [5.41, 5.74) is 2.43. The second-order valence-corrected chi connectivity index (χ2v) is 7.60. The highest BCUT2D eigenvalue weighted by molar-refractivity contribution is 6.01. The second-order valence-electron chi connectivity index (χ2n) is 7.60. The minimum absolute atomic E-state index is 0.181. The summed E-state index contributed by atoms with van der Waals surface area (Å²) in [7, 11) is 0. The molecule has 1 aromatic carbocycles. The second kappa shape index (κ2) is 9.91. The SMILES string of the molecule is CCCCCC[C@@H]1CC(C(=O)OCC)(C(=O)OCC)Cc2cccc(C)c21. The highest BCUT2D eigenvalue weighted by atomic mass is 16.6. The quantitative estimate of drug-likeness (QED) is 0.342. The van der Waals surface area contributed by atoms with Crippen molar-refractivity contribution in [2.24, 2.45) is 5.41 Å². The molecule has 2 rings (SSSR count).